The Balaban J connectivity index is 2.60. The van der Waals surface area contributed by atoms with Crippen molar-refractivity contribution >= 4 is 17.7 Å². The molecule has 1 atom stereocenters. The maximum absolute atomic E-state index is 11.5. The Morgan fingerprint density at radius 3 is 2.93 bits per heavy atom. The van der Waals surface area contributed by atoms with Crippen molar-refractivity contribution in [2.24, 2.45) is 5.73 Å². The topological polar surface area (TPSA) is 68.3 Å². The second-order valence-electron chi connectivity index (χ2n) is 2.93. The van der Waals surface area contributed by atoms with E-state index < -0.39 is 0 Å². The summed E-state index contributed by atoms with van der Waals surface area (Å²) in [6.45, 7) is 2.26. The first-order valence-corrected chi connectivity index (χ1v) is 5.54. The lowest BCUT2D eigenvalue weighted by Gasteiger charge is -2.08. The number of amides is 1. The summed E-state index contributed by atoms with van der Waals surface area (Å²) in [4.78, 5) is 11.5. The van der Waals surface area contributed by atoms with Gasteiger partial charge in [0.05, 0.1) is 0 Å². The van der Waals surface area contributed by atoms with Crippen molar-refractivity contribution in [2.45, 2.75) is 18.1 Å². The molecule has 0 unspecified atom stereocenters. The van der Waals surface area contributed by atoms with E-state index >= 15 is 0 Å². The highest BCUT2D eigenvalue weighted by atomic mass is 32.2. The molecule has 78 valence electrons. The van der Waals surface area contributed by atoms with Gasteiger partial charge in [-0.1, -0.05) is 11.8 Å². The number of carbonyl (C=O) groups is 1. The molecule has 0 radical (unpaired) electrons. The second-order valence-corrected chi connectivity index (χ2v) is 3.74. The average molecular weight is 214 g/mol. The molecule has 0 aliphatic heterocycles. The van der Waals surface area contributed by atoms with Crippen LogP contribution in [0, 0.1) is 0 Å². The molecule has 1 aromatic heterocycles. The first-order chi connectivity index (χ1) is 6.67. The highest BCUT2D eigenvalue weighted by Crippen LogP contribution is 2.17. The van der Waals surface area contributed by atoms with Crippen LogP contribution in [0.2, 0.25) is 0 Å². The van der Waals surface area contributed by atoms with E-state index in [4.69, 9.17) is 10.2 Å². The Morgan fingerprint density at radius 2 is 2.43 bits per heavy atom. The van der Waals surface area contributed by atoms with Crippen LogP contribution in [0.25, 0.3) is 0 Å². The standard InChI is InChI=1S/C9H14N2O2S/c1-6(5-10)11-9(12)7-3-4-8(13-7)14-2/h3-4,6H,5,10H2,1-2H3,(H,11,12)/t6-/m0/s1. The molecule has 14 heavy (non-hydrogen) atoms. The van der Waals surface area contributed by atoms with Crippen molar-refractivity contribution < 1.29 is 9.21 Å². The molecule has 3 N–H and O–H groups in total. The average Bonchev–Trinajstić information content (AvgIpc) is 2.65. The molecule has 0 bridgehead atoms. The fraction of sp³-hybridized carbons (Fsp3) is 0.444. The van der Waals surface area contributed by atoms with Gasteiger partial charge < -0.3 is 15.5 Å². The Hall–Kier alpha value is -0.940. The highest BCUT2D eigenvalue weighted by molar-refractivity contribution is 7.98. The molecule has 5 heteroatoms. The first-order valence-electron chi connectivity index (χ1n) is 4.32. The van der Waals surface area contributed by atoms with Crippen molar-refractivity contribution in [3.63, 3.8) is 0 Å². The van der Waals surface area contributed by atoms with E-state index in [9.17, 15) is 4.79 Å². The molecule has 0 aliphatic rings. The van der Waals surface area contributed by atoms with Gasteiger partial charge in [0.2, 0.25) is 0 Å². The van der Waals surface area contributed by atoms with E-state index in [2.05, 4.69) is 5.32 Å². The molecule has 0 aliphatic carbocycles. The molecule has 0 saturated heterocycles. The lowest BCUT2D eigenvalue weighted by Crippen LogP contribution is -2.37. The minimum Gasteiger partial charge on any atom is -0.445 e. The first kappa shape index (κ1) is 11.1. The molecular weight excluding hydrogens is 200 g/mol. The van der Waals surface area contributed by atoms with Crippen molar-refractivity contribution in [1.82, 2.24) is 5.32 Å². The summed E-state index contributed by atoms with van der Waals surface area (Å²) in [5, 5.41) is 3.45. The van der Waals surface area contributed by atoms with Crippen LogP contribution in [0.3, 0.4) is 0 Å². The van der Waals surface area contributed by atoms with Gasteiger partial charge in [0.25, 0.3) is 5.91 Å². The predicted molar refractivity (Wildman–Crippen MR) is 56.5 cm³/mol. The van der Waals surface area contributed by atoms with E-state index in [0.29, 0.717) is 12.3 Å². The maximum atomic E-state index is 11.5. The summed E-state index contributed by atoms with van der Waals surface area (Å²) in [6, 6.07) is 3.39. The lowest BCUT2D eigenvalue weighted by atomic mass is 10.3. The van der Waals surface area contributed by atoms with Crippen LogP contribution >= 0.6 is 11.8 Å². The van der Waals surface area contributed by atoms with Gasteiger partial charge in [-0.25, -0.2) is 0 Å². The summed E-state index contributed by atoms with van der Waals surface area (Å²) >= 11 is 1.46. The summed E-state index contributed by atoms with van der Waals surface area (Å²) < 4.78 is 5.25. The van der Waals surface area contributed by atoms with Gasteiger partial charge in [-0.05, 0) is 25.3 Å². The van der Waals surface area contributed by atoms with Crippen molar-refractivity contribution in [3.05, 3.63) is 17.9 Å². The summed E-state index contributed by atoms with van der Waals surface area (Å²) in [7, 11) is 0. The minimum atomic E-state index is -0.219. The third-order valence-electron chi connectivity index (χ3n) is 1.74. The number of carbonyl (C=O) groups excluding carboxylic acids is 1. The molecular formula is C9H14N2O2S. The van der Waals surface area contributed by atoms with Gasteiger partial charge in [-0.3, -0.25) is 4.79 Å². The Kier molecular flexibility index (Phi) is 4.03. The van der Waals surface area contributed by atoms with Crippen molar-refractivity contribution in [3.8, 4) is 0 Å². The number of nitrogens with two attached hydrogens (primary N) is 1. The number of hydrogen-bond acceptors (Lipinski definition) is 4. The molecule has 4 nitrogen and oxygen atoms in total. The van der Waals surface area contributed by atoms with Crippen LogP contribution in [0.1, 0.15) is 17.5 Å². The van der Waals surface area contributed by atoms with E-state index in [0.717, 1.165) is 5.09 Å². The zero-order valence-electron chi connectivity index (χ0n) is 8.24. The Bertz CT molecular complexity index is 312. The Morgan fingerprint density at radius 1 is 1.71 bits per heavy atom. The van der Waals surface area contributed by atoms with Gasteiger partial charge in [0, 0.05) is 12.6 Å². The van der Waals surface area contributed by atoms with Crippen LogP contribution in [-0.2, 0) is 0 Å². The fourth-order valence-electron chi connectivity index (χ4n) is 0.906. The minimum absolute atomic E-state index is 0.0367. The molecule has 0 aromatic carbocycles. The summed E-state index contributed by atoms with van der Waals surface area (Å²) in [6.07, 6.45) is 1.89. The van der Waals surface area contributed by atoms with E-state index in [1.54, 1.807) is 12.1 Å². The predicted octanol–water partition coefficient (Wildman–Crippen LogP) is 1.08. The number of rotatable bonds is 4. The second kappa shape index (κ2) is 5.07. The third-order valence-corrected chi connectivity index (χ3v) is 2.36. The Labute approximate surface area is 87.2 Å². The number of thioether (sulfide) groups is 1. The lowest BCUT2D eigenvalue weighted by molar-refractivity contribution is 0.0908. The molecule has 0 spiro atoms. The van der Waals surface area contributed by atoms with E-state index in [-0.39, 0.29) is 11.9 Å². The van der Waals surface area contributed by atoms with Gasteiger partial charge in [0.15, 0.2) is 10.9 Å². The number of nitrogens with one attached hydrogen (secondary N) is 1. The summed E-state index contributed by atoms with van der Waals surface area (Å²) in [5.74, 6) is 0.109. The van der Waals surface area contributed by atoms with Crippen LogP contribution in [0.4, 0.5) is 0 Å². The normalized spacial score (nSPS) is 12.5. The fourth-order valence-corrected chi connectivity index (χ4v) is 1.28. The van der Waals surface area contributed by atoms with Crippen molar-refractivity contribution in [2.75, 3.05) is 12.8 Å². The van der Waals surface area contributed by atoms with Crippen LogP contribution in [-0.4, -0.2) is 24.7 Å². The van der Waals surface area contributed by atoms with Crippen LogP contribution in [0.5, 0.6) is 0 Å². The highest BCUT2D eigenvalue weighted by Gasteiger charge is 2.12. The number of hydrogen-bond donors (Lipinski definition) is 2. The number of furan rings is 1. The monoisotopic (exact) mass is 214 g/mol. The third kappa shape index (κ3) is 2.78. The van der Waals surface area contributed by atoms with Crippen molar-refractivity contribution in [1.29, 1.82) is 0 Å². The van der Waals surface area contributed by atoms with Gasteiger partial charge in [0.1, 0.15) is 0 Å². The summed E-state index contributed by atoms with van der Waals surface area (Å²) in [5.41, 5.74) is 5.38. The quantitative estimate of drug-likeness (QED) is 0.736. The SMILES string of the molecule is CSc1ccc(C(=O)N[C@@H](C)CN)o1. The van der Waals surface area contributed by atoms with Gasteiger partial charge >= 0.3 is 0 Å². The van der Waals surface area contributed by atoms with Crippen LogP contribution in [0.15, 0.2) is 21.6 Å². The zero-order valence-corrected chi connectivity index (χ0v) is 9.06. The van der Waals surface area contributed by atoms with E-state index in [1.807, 2.05) is 13.2 Å². The van der Waals surface area contributed by atoms with E-state index in [1.165, 1.54) is 11.8 Å². The van der Waals surface area contributed by atoms with Crippen LogP contribution < -0.4 is 11.1 Å². The molecule has 1 heterocycles. The van der Waals surface area contributed by atoms with Gasteiger partial charge in [-0.2, -0.15) is 0 Å². The molecule has 1 aromatic rings. The largest absolute Gasteiger partial charge is 0.445 e. The molecule has 1 amide bonds. The van der Waals surface area contributed by atoms with Gasteiger partial charge in [-0.15, -0.1) is 0 Å². The molecule has 0 fully saturated rings. The molecule has 1 rings (SSSR count). The smallest absolute Gasteiger partial charge is 0.287 e. The molecule has 0 saturated carbocycles. The zero-order chi connectivity index (χ0) is 10.6. The maximum Gasteiger partial charge on any atom is 0.287 e.